The molecule has 0 heterocycles. The molecule has 0 fully saturated rings. The molecule has 0 radical (unpaired) electrons. The Morgan fingerprint density at radius 1 is 1.12 bits per heavy atom. The van der Waals surface area contributed by atoms with Gasteiger partial charge in [0.1, 0.15) is 5.75 Å². The minimum Gasteiger partial charge on any atom is -0.459 e. The van der Waals surface area contributed by atoms with Gasteiger partial charge in [0, 0.05) is 6.26 Å². The van der Waals surface area contributed by atoms with Gasteiger partial charge in [0.25, 0.3) is 4.77 Å². The Morgan fingerprint density at radius 2 is 1.65 bits per heavy atom. The summed E-state index contributed by atoms with van der Waals surface area (Å²) >= 11 is 0. The molecule has 5 nitrogen and oxygen atoms in total. The van der Waals surface area contributed by atoms with Gasteiger partial charge in [-0.15, -0.1) is 0 Å². The van der Waals surface area contributed by atoms with Crippen LogP contribution >= 0.6 is 0 Å². The molecule has 96 valence electrons. The summed E-state index contributed by atoms with van der Waals surface area (Å²) in [5.74, 6) is -0.0858. The SMILES string of the molecule is CCS(=O)(=O)C(Oc1ccccc1)S(C)(=O)=O. The highest BCUT2D eigenvalue weighted by Gasteiger charge is 2.35. The van der Waals surface area contributed by atoms with Gasteiger partial charge in [-0.3, -0.25) is 0 Å². The molecule has 1 aromatic rings. The van der Waals surface area contributed by atoms with Gasteiger partial charge in [-0.25, -0.2) is 16.8 Å². The lowest BCUT2D eigenvalue weighted by molar-refractivity contribution is 0.335. The minimum atomic E-state index is -3.84. The molecule has 0 N–H and O–H groups in total. The quantitative estimate of drug-likeness (QED) is 0.797. The molecule has 0 bridgehead atoms. The number of ether oxygens (including phenoxy) is 1. The summed E-state index contributed by atoms with van der Waals surface area (Å²) in [5, 5.41) is 0. The first-order valence-electron chi connectivity index (χ1n) is 4.89. The first kappa shape index (κ1) is 14.0. The van der Waals surface area contributed by atoms with Crippen LogP contribution < -0.4 is 4.74 Å². The third kappa shape index (κ3) is 3.71. The third-order valence-electron chi connectivity index (χ3n) is 2.02. The van der Waals surface area contributed by atoms with Crippen LogP contribution in [0.25, 0.3) is 0 Å². The molecular weight excluding hydrogens is 264 g/mol. The standard InChI is InChI=1S/C10H14O5S2/c1-3-17(13,14)10(16(2,11)12)15-9-7-5-4-6-8-9/h4-8,10H,3H2,1-2H3. The highest BCUT2D eigenvalue weighted by molar-refractivity contribution is 8.08. The number of rotatable bonds is 5. The Bertz CT molecular complexity index is 560. The van der Waals surface area contributed by atoms with Gasteiger partial charge in [0.15, 0.2) is 9.84 Å². The van der Waals surface area contributed by atoms with Crippen LogP contribution in [-0.4, -0.2) is 33.6 Å². The maximum Gasteiger partial charge on any atom is 0.297 e. The second kappa shape index (κ2) is 5.05. The van der Waals surface area contributed by atoms with Gasteiger partial charge in [0.05, 0.1) is 5.75 Å². The van der Waals surface area contributed by atoms with Crippen LogP contribution in [0.1, 0.15) is 6.92 Å². The van der Waals surface area contributed by atoms with Crippen LogP contribution in [0.4, 0.5) is 0 Å². The predicted octanol–water partition coefficient (Wildman–Crippen LogP) is 0.828. The Kier molecular flexibility index (Phi) is 4.16. The fourth-order valence-corrected chi connectivity index (χ4v) is 4.53. The Balaban J connectivity index is 3.12. The molecule has 7 heteroatoms. The van der Waals surface area contributed by atoms with Gasteiger partial charge in [0.2, 0.25) is 9.84 Å². The molecule has 1 atom stereocenters. The number of benzene rings is 1. The van der Waals surface area contributed by atoms with Crippen molar-refractivity contribution in [3.05, 3.63) is 30.3 Å². The first-order chi connectivity index (χ1) is 7.77. The zero-order valence-electron chi connectivity index (χ0n) is 9.53. The van der Waals surface area contributed by atoms with E-state index in [4.69, 9.17) is 4.74 Å². The molecule has 0 saturated heterocycles. The molecule has 0 aliphatic rings. The lowest BCUT2D eigenvalue weighted by atomic mass is 10.3. The molecular formula is C10H14O5S2. The van der Waals surface area contributed by atoms with Crippen LogP contribution in [-0.2, 0) is 19.7 Å². The molecule has 0 saturated carbocycles. The van der Waals surface area contributed by atoms with Crippen molar-refractivity contribution in [1.29, 1.82) is 0 Å². The van der Waals surface area contributed by atoms with E-state index in [0.717, 1.165) is 6.26 Å². The Hall–Kier alpha value is -1.08. The van der Waals surface area contributed by atoms with Crippen LogP contribution in [0, 0.1) is 0 Å². The van der Waals surface area contributed by atoms with E-state index in [9.17, 15) is 16.8 Å². The van der Waals surface area contributed by atoms with Gasteiger partial charge < -0.3 is 4.74 Å². The fraction of sp³-hybridized carbons (Fsp3) is 0.400. The average molecular weight is 278 g/mol. The van der Waals surface area contributed by atoms with Crippen molar-refractivity contribution in [2.24, 2.45) is 0 Å². The summed E-state index contributed by atoms with van der Waals surface area (Å²) < 4.78 is 49.4. The number of sulfone groups is 2. The molecule has 0 aromatic heterocycles. The van der Waals surface area contributed by atoms with E-state index < -0.39 is 24.4 Å². The Labute approximate surface area is 101 Å². The first-order valence-corrected chi connectivity index (χ1v) is 8.56. The fourth-order valence-electron chi connectivity index (χ4n) is 1.17. The third-order valence-corrected chi connectivity index (χ3v) is 6.23. The minimum absolute atomic E-state index is 0.208. The van der Waals surface area contributed by atoms with Crippen LogP contribution in [0.15, 0.2) is 30.3 Å². The molecule has 1 rings (SSSR count). The van der Waals surface area contributed by atoms with E-state index in [2.05, 4.69) is 0 Å². The summed E-state index contributed by atoms with van der Waals surface area (Å²) in [6.07, 6.45) is 0.841. The van der Waals surface area contributed by atoms with Gasteiger partial charge in [-0.05, 0) is 12.1 Å². The summed E-state index contributed by atoms with van der Waals surface area (Å²) in [6, 6.07) is 7.99. The van der Waals surface area contributed by atoms with E-state index >= 15 is 0 Å². The van der Waals surface area contributed by atoms with Crippen molar-refractivity contribution in [2.75, 3.05) is 12.0 Å². The molecule has 0 aliphatic carbocycles. The van der Waals surface area contributed by atoms with Crippen molar-refractivity contribution >= 4 is 19.7 Å². The number of hydrogen-bond acceptors (Lipinski definition) is 5. The predicted molar refractivity (Wildman–Crippen MR) is 65.2 cm³/mol. The second-order valence-electron chi connectivity index (χ2n) is 3.50. The molecule has 0 spiro atoms. The van der Waals surface area contributed by atoms with Crippen molar-refractivity contribution in [3.63, 3.8) is 0 Å². The Morgan fingerprint density at radius 3 is 2.06 bits per heavy atom. The molecule has 17 heavy (non-hydrogen) atoms. The van der Waals surface area contributed by atoms with Crippen LogP contribution in [0.3, 0.4) is 0 Å². The van der Waals surface area contributed by atoms with E-state index in [1.54, 1.807) is 18.2 Å². The van der Waals surface area contributed by atoms with Crippen LogP contribution in [0.5, 0.6) is 5.75 Å². The zero-order chi connectivity index (χ0) is 13.1. The van der Waals surface area contributed by atoms with Crippen LogP contribution in [0.2, 0.25) is 0 Å². The average Bonchev–Trinajstić information content (AvgIpc) is 2.25. The van der Waals surface area contributed by atoms with E-state index in [0.29, 0.717) is 0 Å². The molecule has 0 aliphatic heterocycles. The largest absolute Gasteiger partial charge is 0.459 e. The summed E-state index contributed by atoms with van der Waals surface area (Å²) in [5.41, 5.74) is 0. The van der Waals surface area contributed by atoms with E-state index in [-0.39, 0.29) is 11.5 Å². The highest BCUT2D eigenvalue weighted by Crippen LogP contribution is 2.17. The molecule has 0 amide bonds. The van der Waals surface area contributed by atoms with Crippen molar-refractivity contribution in [3.8, 4) is 5.75 Å². The maximum absolute atomic E-state index is 11.6. The summed E-state index contributed by atoms with van der Waals surface area (Å²) in [7, 11) is -7.67. The van der Waals surface area contributed by atoms with E-state index in [1.165, 1.54) is 19.1 Å². The topological polar surface area (TPSA) is 77.5 Å². The van der Waals surface area contributed by atoms with Gasteiger partial charge >= 0.3 is 0 Å². The van der Waals surface area contributed by atoms with Crippen molar-refractivity contribution in [2.45, 2.75) is 11.7 Å². The summed E-state index contributed by atoms with van der Waals surface area (Å²) in [4.78, 5) is 0. The van der Waals surface area contributed by atoms with Crippen molar-refractivity contribution < 1.29 is 21.6 Å². The molecule has 1 aromatic carbocycles. The smallest absolute Gasteiger partial charge is 0.297 e. The maximum atomic E-state index is 11.6. The monoisotopic (exact) mass is 278 g/mol. The zero-order valence-corrected chi connectivity index (χ0v) is 11.2. The van der Waals surface area contributed by atoms with Gasteiger partial charge in [-0.1, -0.05) is 25.1 Å². The van der Waals surface area contributed by atoms with Gasteiger partial charge in [-0.2, -0.15) is 0 Å². The normalized spacial score (nSPS) is 14.2. The highest BCUT2D eigenvalue weighted by atomic mass is 32.3. The number of hydrogen-bond donors (Lipinski definition) is 0. The molecule has 1 unspecified atom stereocenters. The lowest BCUT2D eigenvalue weighted by Crippen LogP contribution is -2.36. The lowest BCUT2D eigenvalue weighted by Gasteiger charge is -2.16. The summed E-state index contributed by atoms with van der Waals surface area (Å²) in [6.45, 7) is 1.38. The number of para-hydroxylation sites is 1. The van der Waals surface area contributed by atoms with Crippen molar-refractivity contribution in [1.82, 2.24) is 0 Å². The van der Waals surface area contributed by atoms with E-state index in [1.807, 2.05) is 0 Å². The second-order valence-corrected chi connectivity index (χ2v) is 8.22.